The highest BCUT2D eigenvalue weighted by Gasteiger charge is 2.17. The van der Waals surface area contributed by atoms with Crippen LogP contribution in [0.15, 0.2) is 11.6 Å². The summed E-state index contributed by atoms with van der Waals surface area (Å²) in [5, 5.41) is 10.1. The van der Waals surface area contributed by atoms with E-state index in [1.807, 2.05) is 13.8 Å². The third kappa shape index (κ3) is 7.92. The molecule has 0 aliphatic rings. The van der Waals surface area contributed by atoms with Gasteiger partial charge in [-0.1, -0.05) is 45.6 Å². The van der Waals surface area contributed by atoms with Gasteiger partial charge >= 0.3 is 0 Å². The lowest BCUT2D eigenvalue weighted by Gasteiger charge is -2.22. The van der Waals surface area contributed by atoms with E-state index in [1.54, 1.807) is 0 Å². The zero-order valence-corrected chi connectivity index (χ0v) is 11.7. The smallest absolute Gasteiger partial charge is 0.0800 e. The summed E-state index contributed by atoms with van der Waals surface area (Å²) in [6, 6.07) is 0. The fraction of sp³-hybridized carbons (Fsp3) is 0.867. The van der Waals surface area contributed by atoms with Crippen molar-refractivity contribution in [1.29, 1.82) is 0 Å². The Balaban J connectivity index is 4.09. The average molecular weight is 226 g/mol. The standard InChI is InChI=1S/C15H30O/c1-5-7-9-11-13-14(15(3,4)16)12-10-8-6-2/h13,16H,5-12H2,1-4H3. The molecule has 1 heteroatoms. The monoisotopic (exact) mass is 226 g/mol. The van der Waals surface area contributed by atoms with Crippen LogP contribution in [0.5, 0.6) is 0 Å². The molecule has 0 unspecified atom stereocenters. The summed E-state index contributed by atoms with van der Waals surface area (Å²) in [6.07, 6.45) is 12.0. The Kier molecular flexibility index (Phi) is 8.64. The topological polar surface area (TPSA) is 20.2 Å². The van der Waals surface area contributed by atoms with Crippen molar-refractivity contribution in [3.63, 3.8) is 0 Å². The first-order valence-electron chi connectivity index (χ1n) is 6.94. The first-order valence-corrected chi connectivity index (χ1v) is 6.94. The Morgan fingerprint density at radius 2 is 1.56 bits per heavy atom. The minimum absolute atomic E-state index is 0.625. The molecule has 96 valence electrons. The molecule has 0 radical (unpaired) electrons. The van der Waals surface area contributed by atoms with Crippen LogP contribution in [-0.2, 0) is 0 Å². The van der Waals surface area contributed by atoms with Crippen molar-refractivity contribution in [2.75, 3.05) is 0 Å². The molecule has 16 heavy (non-hydrogen) atoms. The third-order valence-corrected chi connectivity index (χ3v) is 3.03. The summed E-state index contributed by atoms with van der Waals surface area (Å²) < 4.78 is 0. The number of unbranched alkanes of at least 4 members (excludes halogenated alkanes) is 5. The number of hydrogen-bond acceptors (Lipinski definition) is 1. The van der Waals surface area contributed by atoms with Gasteiger partial charge in [-0.15, -0.1) is 0 Å². The highest BCUT2D eigenvalue weighted by molar-refractivity contribution is 5.13. The summed E-state index contributed by atoms with van der Waals surface area (Å²) in [5.41, 5.74) is 0.608. The van der Waals surface area contributed by atoms with Crippen LogP contribution in [0, 0.1) is 0 Å². The fourth-order valence-corrected chi connectivity index (χ4v) is 1.89. The van der Waals surface area contributed by atoms with Crippen LogP contribution in [0.4, 0.5) is 0 Å². The van der Waals surface area contributed by atoms with Crippen LogP contribution >= 0.6 is 0 Å². The maximum absolute atomic E-state index is 10.1. The molecule has 0 fully saturated rings. The lowest BCUT2D eigenvalue weighted by molar-refractivity contribution is 0.115. The Bertz CT molecular complexity index is 186. The summed E-state index contributed by atoms with van der Waals surface area (Å²) in [6.45, 7) is 8.26. The van der Waals surface area contributed by atoms with Crippen molar-refractivity contribution in [1.82, 2.24) is 0 Å². The average Bonchev–Trinajstić information content (AvgIpc) is 2.20. The minimum atomic E-state index is -0.625. The molecule has 0 aliphatic carbocycles. The van der Waals surface area contributed by atoms with Gasteiger partial charge in [0.2, 0.25) is 0 Å². The second-order valence-electron chi connectivity index (χ2n) is 5.24. The highest BCUT2D eigenvalue weighted by atomic mass is 16.3. The molecule has 0 saturated carbocycles. The van der Waals surface area contributed by atoms with E-state index < -0.39 is 5.60 Å². The van der Waals surface area contributed by atoms with Crippen LogP contribution in [0.25, 0.3) is 0 Å². The Morgan fingerprint density at radius 3 is 2.06 bits per heavy atom. The largest absolute Gasteiger partial charge is 0.386 e. The van der Waals surface area contributed by atoms with Crippen molar-refractivity contribution in [3.05, 3.63) is 11.6 Å². The van der Waals surface area contributed by atoms with Crippen molar-refractivity contribution >= 4 is 0 Å². The molecule has 0 aromatic heterocycles. The summed E-state index contributed by atoms with van der Waals surface area (Å²) in [5.74, 6) is 0. The molecule has 0 spiro atoms. The molecular formula is C15H30O. The van der Waals surface area contributed by atoms with Crippen molar-refractivity contribution in [2.24, 2.45) is 0 Å². The van der Waals surface area contributed by atoms with E-state index in [0.29, 0.717) is 0 Å². The van der Waals surface area contributed by atoms with E-state index in [0.717, 1.165) is 12.8 Å². The lowest BCUT2D eigenvalue weighted by Crippen LogP contribution is -2.22. The summed E-state index contributed by atoms with van der Waals surface area (Å²) >= 11 is 0. The van der Waals surface area contributed by atoms with E-state index in [2.05, 4.69) is 19.9 Å². The SMILES string of the molecule is CCCCCC=C(CCCCC)C(C)(C)O. The van der Waals surface area contributed by atoms with E-state index in [4.69, 9.17) is 0 Å². The Morgan fingerprint density at radius 1 is 1.00 bits per heavy atom. The zero-order valence-electron chi connectivity index (χ0n) is 11.7. The van der Waals surface area contributed by atoms with Gasteiger partial charge in [-0.25, -0.2) is 0 Å². The summed E-state index contributed by atoms with van der Waals surface area (Å²) in [7, 11) is 0. The predicted octanol–water partition coefficient (Wildman–Crippen LogP) is 4.84. The lowest BCUT2D eigenvalue weighted by atomic mass is 9.91. The number of aliphatic hydroxyl groups is 1. The first-order chi connectivity index (χ1) is 7.52. The van der Waals surface area contributed by atoms with Crippen molar-refractivity contribution in [2.45, 2.75) is 84.7 Å². The first kappa shape index (κ1) is 15.7. The van der Waals surface area contributed by atoms with Gasteiger partial charge in [0.1, 0.15) is 0 Å². The minimum Gasteiger partial charge on any atom is -0.386 e. The molecule has 0 rings (SSSR count). The Hall–Kier alpha value is -0.300. The fourth-order valence-electron chi connectivity index (χ4n) is 1.89. The van der Waals surface area contributed by atoms with E-state index >= 15 is 0 Å². The molecule has 0 bridgehead atoms. The molecular weight excluding hydrogens is 196 g/mol. The van der Waals surface area contributed by atoms with E-state index in [-0.39, 0.29) is 0 Å². The van der Waals surface area contributed by atoms with Crippen LogP contribution in [0.1, 0.15) is 79.1 Å². The third-order valence-electron chi connectivity index (χ3n) is 3.03. The van der Waals surface area contributed by atoms with Gasteiger partial charge in [-0.2, -0.15) is 0 Å². The predicted molar refractivity (Wildman–Crippen MR) is 72.7 cm³/mol. The molecule has 0 atom stereocenters. The van der Waals surface area contributed by atoms with Gasteiger partial charge in [-0.05, 0) is 45.1 Å². The number of allylic oxidation sites excluding steroid dienone is 1. The van der Waals surface area contributed by atoms with Gasteiger partial charge in [0.15, 0.2) is 0 Å². The van der Waals surface area contributed by atoms with Gasteiger partial charge in [-0.3, -0.25) is 0 Å². The van der Waals surface area contributed by atoms with Crippen LogP contribution in [-0.4, -0.2) is 10.7 Å². The van der Waals surface area contributed by atoms with Crippen LogP contribution in [0.3, 0.4) is 0 Å². The maximum Gasteiger partial charge on any atom is 0.0800 e. The van der Waals surface area contributed by atoms with Crippen LogP contribution < -0.4 is 0 Å². The van der Waals surface area contributed by atoms with Crippen molar-refractivity contribution < 1.29 is 5.11 Å². The normalized spacial score (nSPS) is 13.2. The highest BCUT2D eigenvalue weighted by Crippen LogP contribution is 2.23. The second-order valence-corrected chi connectivity index (χ2v) is 5.24. The van der Waals surface area contributed by atoms with E-state index in [1.165, 1.54) is 44.1 Å². The van der Waals surface area contributed by atoms with Gasteiger partial charge in [0.25, 0.3) is 0 Å². The second kappa shape index (κ2) is 8.81. The molecule has 0 heterocycles. The Labute approximate surface area is 102 Å². The molecule has 0 aliphatic heterocycles. The maximum atomic E-state index is 10.1. The van der Waals surface area contributed by atoms with Crippen molar-refractivity contribution in [3.8, 4) is 0 Å². The summed E-state index contributed by atoms with van der Waals surface area (Å²) in [4.78, 5) is 0. The van der Waals surface area contributed by atoms with Gasteiger partial charge in [0, 0.05) is 0 Å². The zero-order chi connectivity index (χ0) is 12.4. The van der Waals surface area contributed by atoms with Crippen LogP contribution in [0.2, 0.25) is 0 Å². The van der Waals surface area contributed by atoms with Gasteiger partial charge < -0.3 is 5.11 Å². The molecule has 0 amide bonds. The molecule has 0 aromatic carbocycles. The quantitative estimate of drug-likeness (QED) is 0.440. The van der Waals surface area contributed by atoms with Gasteiger partial charge in [0.05, 0.1) is 5.60 Å². The number of hydrogen-bond donors (Lipinski definition) is 1. The number of rotatable bonds is 9. The van der Waals surface area contributed by atoms with E-state index in [9.17, 15) is 5.11 Å². The molecule has 0 aromatic rings. The molecule has 0 saturated heterocycles. The molecule has 1 N–H and O–H groups in total. The molecule has 1 nitrogen and oxygen atoms in total.